The molecule has 1 aromatic heterocycles. The highest BCUT2D eigenvalue weighted by Crippen LogP contribution is 2.42. The average Bonchev–Trinajstić information content (AvgIpc) is 2.62. The highest BCUT2D eigenvalue weighted by Gasteiger charge is 2.29. The Kier molecular flexibility index (Phi) is 4.87. The van der Waals surface area contributed by atoms with Crippen LogP contribution in [0.2, 0.25) is 0 Å². The van der Waals surface area contributed by atoms with Gasteiger partial charge in [-0.15, -0.1) is 11.3 Å². The number of halogens is 3. The lowest BCUT2D eigenvalue weighted by Crippen LogP contribution is -2.22. The van der Waals surface area contributed by atoms with E-state index >= 15 is 0 Å². The van der Waals surface area contributed by atoms with Gasteiger partial charge in [0.2, 0.25) is 0 Å². The largest absolute Gasteiger partial charge is 0.492 e. The Morgan fingerprint density at radius 2 is 2.11 bits per heavy atom. The van der Waals surface area contributed by atoms with E-state index in [1.54, 1.807) is 6.92 Å². The minimum atomic E-state index is -4.37. The molecule has 1 amide bonds. The van der Waals surface area contributed by atoms with Gasteiger partial charge in [-0.25, -0.2) is 0 Å². The van der Waals surface area contributed by atoms with Gasteiger partial charge in [0, 0.05) is 6.54 Å². The van der Waals surface area contributed by atoms with Crippen molar-refractivity contribution < 1.29 is 22.7 Å². The van der Waals surface area contributed by atoms with Crippen LogP contribution in [0.15, 0.2) is 0 Å². The Labute approximate surface area is 111 Å². The molecule has 0 spiro atoms. The molecule has 1 heterocycles. The number of carbonyl (C=O) groups is 1. The molecular formula is C10H14F3N3O2S. The summed E-state index contributed by atoms with van der Waals surface area (Å²) in [5.41, 5.74) is 5.72. The van der Waals surface area contributed by atoms with Crippen LogP contribution < -0.4 is 21.1 Å². The van der Waals surface area contributed by atoms with Crippen LogP contribution >= 0.6 is 11.3 Å². The standard InChI is InChI=1S/C10H14F3N3O2S/c1-3-15-8(17)7-5(14)6(18-2)9(19-7)16-4-10(11,12)13/h16H,3-4,14H2,1-2H3,(H,15,17). The number of nitrogens with two attached hydrogens (primary N) is 1. The van der Waals surface area contributed by atoms with Gasteiger partial charge < -0.3 is 21.1 Å². The van der Waals surface area contributed by atoms with Gasteiger partial charge in [-0.05, 0) is 6.92 Å². The number of carbonyl (C=O) groups excluding carboxylic acids is 1. The number of alkyl halides is 3. The van der Waals surface area contributed by atoms with Gasteiger partial charge in [-0.1, -0.05) is 0 Å². The summed E-state index contributed by atoms with van der Waals surface area (Å²) in [6.07, 6.45) is -4.37. The number of nitrogen functional groups attached to an aromatic ring is 1. The van der Waals surface area contributed by atoms with Gasteiger partial charge in [-0.2, -0.15) is 13.2 Å². The van der Waals surface area contributed by atoms with Crippen LogP contribution in [-0.4, -0.2) is 32.3 Å². The Bertz CT molecular complexity index is 460. The first-order valence-electron chi connectivity index (χ1n) is 5.35. The van der Waals surface area contributed by atoms with Crippen molar-refractivity contribution in [3.63, 3.8) is 0 Å². The third-order valence-corrected chi connectivity index (χ3v) is 3.24. The minimum Gasteiger partial charge on any atom is -0.492 e. The van der Waals surface area contributed by atoms with Crippen LogP contribution in [0.4, 0.5) is 23.9 Å². The van der Waals surface area contributed by atoms with Gasteiger partial charge in [0.1, 0.15) is 22.1 Å². The number of anilines is 2. The second kappa shape index (κ2) is 6.00. The van der Waals surface area contributed by atoms with Crippen LogP contribution in [0.25, 0.3) is 0 Å². The number of thiophene rings is 1. The fraction of sp³-hybridized carbons (Fsp3) is 0.500. The summed E-state index contributed by atoms with van der Waals surface area (Å²) in [7, 11) is 1.28. The monoisotopic (exact) mass is 297 g/mol. The summed E-state index contributed by atoms with van der Waals surface area (Å²) < 4.78 is 41.4. The molecule has 0 aliphatic carbocycles. The number of methoxy groups -OCH3 is 1. The van der Waals surface area contributed by atoms with Crippen molar-refractivity contribution in [2.45, 2.75) is 13.1 Å². The first kappa shape index (κ1) is 15.4. The third-order valence-electron chi connectivity index (χ3n) is 2.10. The number of rotatable bonds is 5. The predicted molar refractivity (Wildman–Crippen MR) is 67.8 cm³/mol. The summed E-state index contributed by atoms with van der Waals surface area (Å²) in [5.74, 6) is -0.390. The highest BCUT2D eigenvalue weighted by atomic mass is 32.1. The van der Waals surface area contributed by atoms with E-state index in [1.165, 1.54) is 7.11 Å². The Hall–Kier alpha value is -1.64. The molecule has 0 unspecified atom stereocenters. The van der Waals surface area contributed by atoms with E-state index in [1.807, 2.05) is 0 Å². The molecule has 0 bridgehead atoms. The molecule has 5 nitrogen and oxygen atoms in total. The van der Waals surface area contributed by atoms with E-state index < -0.39 is 18.6 Å². The quantitative estimate of drug-likeness (QED) is 0.777. The lowest BCUT2D eigenvalue weighted by molar-refractivity contribution is -0.115. The van der Waals surface area contributed by atoms with Crippen molar-refractivity contribution in [1.82, 2.24) is 5.32 Å². The lowest BCUT2D eigenvalue weighted by atomic mass is 10.3. The van der Waals surface area contributed by atoms with E-state index in [2.05, 4.69) is 10.6 Å². The number of hydrogen-bond acceptors (Lipinski definition) is 5. The molecule has 0 aliphatic rings. The molecule has 0 fully saturated rings. The van der Waals surface area contributed by atoms with E-state index in [-0.39, 0.29) is 21.3 Å². The number of hydrogen-bond donors (Lipinski definition) is 3. The second-order valence-electron chi connectivity index (χ2n) is 3.54. The van der Waals surface area contributed by atoms with Crippen LogP contribution in [0, 0.1) is 0 Å². The fourth-order valence-electron chi connectivity index (χ4n) is 1.34. The first-order valence-corrected chi connectivity index (χ1v) is 6.16. The molecule has 0 saturated carbocycles. The number of nitrogens with one attached hydrogen (secondary N) is 2. The first-order chi connectivity index (χ1) is 8.80. The van der Waals surface area contributed by atoms with E-state index in [0.29, 0.717) is 6.54 Å². The number of amides is 1. The van der Waals surface area contributed by atoms with Crippen molar-refractivity contribution in [2.24, 2.45) is 0 Å². The zero-order valence-electron chi connectivity index (χ0n) is 10.4. The SMILES string of the molecule is CCNC(=O)c1sc(NCC(F)(F)F)c(OC)c1N. The second-order valence-corrected chi connectivity index (χ2v) is 4.56. The van der Waals surface area contributed by atoms with Crippen LogP contribution in [0.3, 0.4) is 0 Å². The zero-order chi connectivity index (χ0) is 14.6. The topological polar surface area (TPSA) is 76.4 Å². The molecule has 1 aromatic rings. The lowest BCUT2D eigenvalue weighted by Gasteiger charge is -2.09. The Morgan fingerprint density at radius 3 is 2.58 bits per heavy atom. The molecule has 1 rings (SSSR count). The van der Waals surface area contributed by atoms with Crippen LogP contribution in [0.1, 0.15) is 16.6 Å². The predicted octanol–water partition coefficient (Wildman–Crippen LogP) is 2.06. The summed E-state index contributed by atoms with van der Waals surface area (Å²) in [6, 6.07) is 0. The Morgan fingerprint density at radius 1 is 1.47 bits per heavy atom. The van der Waals surface area contributed by atoms with Gasteiger partial charge >= 0.3 is 6.18 Å². The summed E-state index contributed by atoms with van der Waals surface area (Å²) in [6.45, 7) is 0.893. The van der Waals surface area contributed by atoms with E-state index in [9.17, 15) is 18.0 Å². The van der Waals surface area contributed by atoms with Gasteiger partial charge in [0.05, 0.1) is 7.11 Å². The molecule has 108 valence electrons. The maximum atomic E-state index is 12.2. The molecule has 9 heteroatoms. The minimum absolute atomic E-state index is 0.0307. The van der Waals surface area contributed by atoms with Gasteiger partial charge in [0.25, 0.3) is 5.91 Å². The summed E-state index contributed by atoms with van der Waals surface area (Å²) in [4.78, 5) is 11.8. The average molecular weight is 297 g/mol. The molecular weight excluding hydrogens is 283 g/mol. The zero-order valence-corrected chi connectivity index (χ0v) is 11.2. The molecule has 0 saturated heterocycles. The Balaban J connectivity index is 2.99. The summed E-state index contributed by atoms with van der Waals surface area (Å²) >= 11 is 0.826. The number of ether oxygens (including phenoxy) is 1. The van der Waals surface area contributed by atoms with Crippen molar-refractivity contribution in [1.29, 1.82) is 0 Å². The molecule has 0 radical (unpaired) electrons. The normalized spacial score (nSPS) is 11.2. The van der Waals surface area contributed by atoms with Gasteiger partial charge in [0.15, 0.2) is 5.75 Å². The molecule has 0 aromatic carbocycles. The van der Waals surface area contributed by atoms with Crippen molar-refractivity contribution in [3.8, 4) is 5.75 Å². The molecule has 4 N–H and O–H groups in total. The van der Waals surface area contributed by atoms with E-state index in [4.69, 9.17) is 10.5 Å². The van der Waals surface area contributed by atoms with Crippen molar-refractivity contribution in [3.05, 3.63) is 4.88 Å². The molecule has 0 atom stereocenters. The van der Waals surface area contributed by atoms with Crippen molar-refractivity contribution in [2.75, 3.05) is 31.2 Å². The maximum Gasteiger partial charge on any atom is 0.405 e. The van der Waals surface area contributed by atoms with Gasteiger partial charge in [-0.3, -0.25) is 4.79 Å². The molecule has 0 aliphatic heterocycles. The van der Waals surface area contributed by atoms with Crippen LogP contribution in [-0.2, 0) is 0 Å². The highest BCUT2D eigenvalue weighted by molar-refractivity contribution is 7.19. The van der Waals surface area contributed by atoms with E-state index in [0.717, 1.165) is 11.3 Å². The van der Waals surface area contributed by atoms with Crippen LogP contribution in [0.5, 0.6) is 5.75 Å². The van der Waals surface area contributed by atoms with Crippen molar-refractivity contribution >= 4 is 27.9 Å². The maximum absolute atomic E-state index is 12.2. The summed E-state index contributed by atoms with van der Waals surface area (Å²) in [5, 5.41) is 4.78. The molecule has 19 heavy (non-hydrogen) atoms. The third kappa shape index (κ3) is 3.91. The fourth-order valence-corrected chi connectivity index (χ4v) is 2.34. The smallest absolute Gasteiger partial charge is 0.405 e.